The van der Waals surface area contributed by atoms with Crippen molar-refractivity contribution in [2.75, 3.05) is 0 Å². The molecule has 88 valence electrons. The highest BCUT2D eigenvalue weighted by molar-refractivity contribution is 7.09. The molecule has 0 spiro atoms. The fraction of sp³-hybridized carbons (Fsp3) is 0.692. The third-order valence-electron chi connectivity index (χ3n) is 3.62. The highest BCUT2D eigenvalue weighted by Gasteiger charge is 2.26. The minimum atomic E-state index is 0.308. The van der Waals surface area contributed by atoms with Gasteiger partial charge in [0.25, 0.3) is 0 Å². The number of ketones is 1. The Bertz CT molecular complexity index is 334. The fourth-order valence-corrected chi connectivity index (χ4v) is 3.21. The lowest BCUT2D eigenvalue weighted by atomic mass is 9.78. The molecule has 2 nitrogen and oxygen atoms in total. The van der Waals surface area contributed by atoms with E-state index in [-0.39, 0.29) is 0 Å². The molecule has 1 heterocycles. The first-order valence-electron chi connectivity index (χ1n) is 6.20. The molecule has 1 aromatic heterocycles. The van der Waals surface area contributed by atoms with Crippen molar-refractivity contribution in [2.45, 2.75) is 45.4 Å². The third kappa shape index (κ3) is 2.91. The lowest BCUT2D eigenvalue weighted by molar-refractivity contribution is -0.123. The van der Waals surface area contributed by atoms with Crippen molar-refractivity contribution in [1.82, 2.24) is 4.98 Å². The molecule has 2 rings (SSSR count). The Morgan fingerprint density at radius 3 is 3.12 bits per heavy atom. The molecule has 0 radical (unpaired) electrons. The summed E-state index contributed by atoms with van der Waals surface area (Å²) in [6, 6.07) is 0. The SMILES string of the molecule is CCC1CCCC(C(=O)Cc2nccs2)C1. The minimum absolute atomic E-state index is 0.308. The lowest BCUT2D eigenvalue weighted by Crippen LogP contribution is -2.24. The van der Waals surface area contributed by atoms with Crippen LogP contribution >= 0.6 is 11.3 Å². The average Bonchev–Trinajstić information content (AvgIpc) is 2.82. The molecule has 1 saturated carbocycles. The van der Waals surface area contributed by atoms with Gasteiger partial charge in [-0.25, -0.2) is 4.98 Å². The third-order valence-corrected chi connectivity index (χ3v) is 4.40. The molecule has 3 heteroatoms. The fourth-order valence-electron chi connectivity index (χ4n) is 2.59. The van der Waals surface area contributed by atoms with Gasteiger partial charge in [0.1, 0.15) is 5.78 Å². The first-order chi connectivity index (χ1) is 7.79. The predicted octanol–water partition coefficient (Wildman–Crippen LogP) is 3.47. The molecule has 1 aliphatic carbocycles. The van der Waals surface area contributed by atoms with Crippen molar-refractivity contribution in [3.05, 3.63) is 16.6 Å². The smallest absolute Gasteiger partial charge is 0.142 e. The first kappa shape index (κ1) is 11.8. The molecule has 2 atom stereocenters. The Morgan fingerprint density at radius 1 is 1.56 bits per heavy atom. The Labute approximate surface area is 101 Å². The zero-order valence-electron chi connectivity index (χ0n) is 9.82. The number of rotatable bonds is 4. The number of carbonyl (C=O) groups is 1. The van der Waals surface area contributed by atoms with Crippen LogP contribution in [0.3, 0.4) is 0 Å². The number of aromatic nitrogens is 1. The quantitative estimate of drug-likeness (QED) is 0.802. The van der Waals surface area contributed by atoms with Gasteiger partial charge in [-0.3, -0.25) is 4.79 Å². The molecule has 0 N–H and O–H groups in total. The maximum atomic E-state index is 12.1. The van der Waals surface area contributed by atoms with Crippen LogP contribution in [0.25, 0.3) is 0 Å². The number of hydrogen-bond acceptors (Lipinski definition) is 3. The highest BCUT2D eigenvalue weighted by atomic mass is 32.1. The van der Waals surface area contributed by atoms with Gasteiger partial charge in [-0.1, -0.05) is 26.2 Å². The molecule has 0 aromatic carbocycles. The standard InChI is InChI=1S/C13H19NOS/c1-2-10-4-3-5-11(8-10)12(15)9-13-14-6-7-16-13/h6-7,10-11H,2-5,8-9H2,1H3. The number of Topliss-reactive ketones (excluding diaryl/α,β-unsaturated/α-hetero) is 1. The van der Waals surface area contributed by atoms with Crippen LogP contribution in [0.2, 0.25) is 0 Å². The van der Waals surface area contributed by atoms with Gasteiger partial charge in [0.05, 0.1) is 11.4 Å². The van der Waals surface area contributed by atoms with E-state index in [1.807, 2.05) is 5.38 Å². The van der Waals surface area contributed by atoms with Gasteiger partial charge in [-0.2, -0.15) is 0 Å². The van der Waals surface area contributed by atoms with Crippen molar-refractivity contribution in [3.63, 3.8) is 0 Å². The second-order valence-electron chi connectivity index (χ2n) is 4.71. The normalized spacial score (nSPS) is 25.6. The number of nitrogens with zero attached hydrogens (tertiary/aromatic N) is 1. The van der Waals surface area contributed by atoms with Crippen LogP contribution in [0.1, 0.15) is 44.0 Å². The van der Waals surface area contributed by atoms with E-state index in [2.05, 4.69) is 11.9 Å². The molecule has 2 unspecified atom stereocenters. The van der Waals surface area contributed by atoms with E-state index in [1.54, 1.807) is 17.5 Å². The van der Waals surface area contributed by atoms with Gasteiger partial charge in [-0.05, 0) is 18.8 Å². The molecular weight excluding hydrogens is 218 g/mol. The van der Waals surface area contributed by atoms with Crippen LogP contribution in [-0.4, -0.2) is 10.8 Å². The summed E-state index contributed by atoms with van der Waals surface area (Å²) in [7, 11) is 0. The Morgan fingerprint density at radius 2 is 2.44 bits per heavy atom. The van der Waals surface area contributed by atoms with E-state index in [1.165, 1.54) is 19.3 Å². The number of hydrogen-bond donors (Lipinski definition) is 0. The molecular formula is C13H19NOS. The monoisotopic (exact) mass is 237 g/mol. The Kier molecular flexibility index (Phi) is 4.10. The van der Waals surface area contributed by atoms with E-state index >= 15 is 0 Å². The summed E-state index contributed by atoms with van der Waals surface area (Å²) in [5.41, 5.74) is 0. The Balaban J connectivity index is 1.89. The molecule has 0 aliphatic heterocycles. The predicted molar refractivity (Wildman–Crippen MR) is 66.6 cm³/mol. The van der Waals surface area contributed by atoms with Crippen LogP contribution in [0.5, 0.6) is 0 Å². The molecule has 1 aromatic rings. The topological polar surface area (TPSA) is 30.0 Å². The summed E-state index contributed by atoms with van der Waals surface area (Å²) < 4.78 is 0. The maximum Gasteiger partial charge on any atom is 0.142 e. The van der Waals surface area contributed by atoms with Gasteiger partial charge in [0.15, 0.2) is 0 Å². The summed E-state index contributed by atoms with van der Waals surface area (Å²) in [5, 5.41) is 2.92. The number of thiazole rings is 1. The minimum Gasteiger partial charge on any atom is -0.299 e. The van der Waals surface area contributed by atoms with E-state index < -0.39 is 0 Å². The van der Waals surface area contributed by atoms with E-state index in [9.17, 15) is 4.79 Å². The largest absolute Gasteiger partial charge is 0.299 e. The van der Waals surface area contributed by atoms with Crippen molar-refractivity contribution < 1.29 is 4.79 Å². The summed E-state index contributed by atoms with van der Waals surface area (Å²) in [5.74, 6) is 1.50. The molecule has 1 fully saturated rings. The van der Waals surface area contributed by atoms with E-state index in [4.69, 9.17) is 0 Å². The molecule has 0 amide bonds. The van der Waals surface area contributed by atoms with Crippen LogP contribution in [0, 0.1) is 11.8 Å². The van der Waals surface area contributed by atoms with Gasteiger partial charge < -0.3 is 0 Å². The van der Waals surface area contributed by atoms with E-state index in [0.29, 0.717) is 18.1 Å². The number of carbonyl (C=O) groups excluding carboxylic acids is 1. The Hall–Kier alpha value is -0.700. The second-order valence-corrected chi connectivity index (χ2v) is 5.69. The maximum absolute atomic E-state index is 12.1. The van der Waals surface area contributed by atoms with Crippen molar-refractivity contribution >= 4 is 17.1 Å². The molecule has 1 aliphatic rings. The van der Waals surface area contributed by atoms with Gasteiger partial charge >= 0.3 is 0 Å². The zero-order chi connectivity index (χ0) is 11.4. The summed E-state index contributed by atoms with van der Waals surface area (Å²) in [6.07, 6.45) is 8.31. The lowest BCUT2D eigenvalue weighted by Gasteiger charge is -2.27. The second kappa shape index (κ2) is 5.58. The van der Waals surface area contributed by atoms with Crippen molar-refractivity contribution in [2.24, 2.45) is 11.8 Å². The summed E-state index contributed by atoms with van der Waals surface area (Å²) >= 11 is 1.59. The van der Waals surface area contributed by atoms with Crippen LogP contribution in [0.4, 0.5) is 0 Å². The van der Waals surface area contributed by atoms with Crippen molar-refractivity contribution in [3.8, 4) is 0 Å². The molecule has 0 saturated heterocycles. The van der Waals surface area contributed by atoms with Gasteiger partial charge in [0, 0.05) is 17.5 Å². The first-order valence-corrected chi connectivity index (χ1v) is 7.08. The van der Waals surface area contributed by atoms with Crippen LogP contribution in [-0.2, 0) is 11.2 Å². The zero-order valence-corrected chi connectivity index (χ0v) is 10.6. The average molecular weight is 237 g/mol. The molecule has 0 bridgehead atoms. The van der Waals surface area contributed by atoms with Crippen LogP contribution in [0.15, 0.2) is 11.6 Å². The van der Waals surface area contributed by atoms with E-state index in [0.717, 1.165) is 23.8 Å². The van der Waals surface area contributed by atoms with Crippen LogP contribution < -0.4 is 0 Å². The summed E-state index contributed by atoms with van der Waals surface area (Å²) in [4.78, 5) is 16.3. The molecule has 16 heavy (non-hydrogen) atoms. The van der Waals surface area contributed by atoms with Crippen molar-refractivity contribution in [1.29, 1.82) is 0 Å². The highest BCUT2D eigenvalue weighted by Crippen LogP contribution is 2.32. The van der Waals surface area contributed by atoms with Gasteiger partial charge in [0.2, 0.25) is 0 Å². The van der Waals surface area contributed by atoms with Gasteiger partial charge in [-0.15, -0.1) is 11.3 Å². The summed E-state index contributed by atoms with van der Waals surface area (Å²) in [6.45, 7) is 2.23.